The van der Waals surface area contributed by atoms with Crippen LogP contribution in [-0.2, 0) is 31.9 Å². The number of carbonyl (C=O) groups excluding carboxylic acids is 4. The molecule has 0 saturated carbocycles. The smallest absolute Gasteiger partial charge is 0.407 e. The van der Waals surface area contributed by atoms with Gasteiger partial charge in [0, 0.05) is 24.7 Å². The number of nitrogens with one attached hydrogen (secondary N) is 2. The Morgan fingerprint density at radius 3 is 1.37 bits per heavy atom. The molecule has 0 unspecified atom stereocenters. The van der Waals surface area contributed by atoms with Gasteiger partial charge in [0.1, 0.15) is 22.7 Å². The molecule has 2 amide bonds. The van der Waals surface area contributed by atoms with Crippen LogP contribution >= 0.6 is 15.9 Å². The second-order valence-corrected chi connectivity index (χ2v) is 14.6. The van der Waals surface area contributed by atoms with Crippen molar-refractivity contribution in [2.24, 2.45) is 10.8 Å². The lowest BCUT2D eigenvalue weighted by atomic mass is 9.96. The average Bonchev–Trinajstić information content (AvgIpc) is 2.74. The summed E-state index contributed by atoms with van der Waals surface area (Å²) < 4.78 is 22.7. The summed E-state index contributed by atoms with van der Waals surface area (Å²) in [6.07, 6.45) is -0.659. The average molecular weight is 644 g/mol. The van der Waals surface area contributed by atoms with Crippen molar-refractivity contribution in [3.8, 4) is 11.5 Å². The molecule has 0 aliphatic rings. The second-order valence-electron chi connectivity index (χ2n) is 13.8. The quantitative estimate of drug-likeness (QED) is 0.243. The maximum absolute atomic E-state index is 12.9. The molecule has 0 atom stereocenters. The molecule has 1 aromatic rings. The minimum absolute atomic E-state index is 0.162. The van der Waals surface area contributed by atoms with E-state index >= 15 is 0 Å². The van der Waals surface area contributed by atoms with E-state index in [4.69, 9.17) is 18.9 Å². The summed E-state index contributed by atoms with van der Waals surface area (Å²) in [6, 6.07) is 1.49. The standard InChI is InChI=1S/C30H47BrN2O8/c1-27(2,3)23(34)38-20-17-21(39-24(35)28(4,5)6)22(31)19(14-16-33-26(37)41-30(10,11)12)18(20)13-15-32-25(36)40-29(7,8)9/h17H,13-16H2,1-12H3,(H,32,36)(H,33,37). The number of ether oxygens (including phenoxy) is 4. The van der Waals surface area contributed by atoms with E-state index in [1.807, 2.05) is 0 Å². The van der Waals surface area contributed by atoms with Crippen molar-refractivity contribution in [2.75, 3.05) is 13.1 Å². The molecule has 1 aromatic carbocycles. The van der Waals surface area contributed by atoms with Gasteiger partial charge in [0.25, 0.3) is 0 Å². The molecule has 0 aromatic heterocycles. The van der Waals surface area contributed by atoms with E-state index < -0.39 is 46.2 Å². The summed E-state index contributed by atoms with van der Waals surface area (Å²) in [5.74, 6) is -0.628. The zero-order valence-corrected chi connectivity index (χ0v) is 28.1. The highest BCUT2D eigenvalue weighted by atomic mass is 79.9. The first-order chi connectivity index (χ1) is 18.4. The van der Waals surface area contributed by atoms with Gasteiger partial charge in [0.05, 0.1) is 15.3 Å². The highest BCUT2D eigenvalue weighted by Crippen LogP contribution is 2.40. The van der Waals surface area contributed by atoms with Gasteiger partial charge in [0.15, 0.2) is 0 Å². The minimum Gasteiger partial charge on any atom is -0.444 e. The van der Waals surface area contributed by atoms with Crippen LogP contribution in [0.1, 0.15) is 94.2 Å². The normalized spacial score (nSPS) is 12.3. The monoisotopic (exact) mass is 642 g/mol. The number of hydrogen-bond donors (Lipinski definition) is 2. The maximum Gasteiger partial charge on any atom is 0.407 e. The van der Waals surface area contributed by atoms with Crippen molar-refractivity contribution < 1.29 is 38.1 Å². The molecule has 1 rings (SSSR count). The van der Waals surface area contributed by atoms with Crippen molar-refractivity contribution in [2.45, 2.75) is 107 Å². The molecule has 10 nitrogen and oxygen atoms in total. The first kappa shape index (κ1) is 36.2. The molecule has 0 heterocycles. The Kier molecular flexibility index (Phi) is 12.3. The number of carbonyl (C=O) groups is 4. The molecule has 0 radical (unpaired) electrons. The van der Waals surface area contributed by atoms with Gasteiger partial charge in [0.2, 0.25) is 0 Å². The summed E-state index contributed by atoms with van der Waals surface area (Å²) in [4.78, 5) is 50.3. The third-order valence-electron chi connectivity index (χ3n) is 5.12. The van der Waals surface area contributed by atoms with Crippen LogP contribution in [0.4, 0.5) is 9.59 Å². The third kappa shape index (κ3) is 13.1. The molecular formula is C30H47BrN2O8. The number of halogens is 1. The van der Waals surface area contributed by atoms with Crippen LogP contribution in [0.5, 0.6) is 11.5 Å². The Morgan fingerprint density at radius 2 is 1.00 bits per heavy atom. The fourth-order valence-electron chi connectivity index (χ4n) is 3.11. The first-order valence-electron chi connectivity index (χ1n) is 13.6. The van der Waals surface area contributed by atoms with Gasteiger partial charge in [-0.05, 0) is 117 Å². The van der Waals surface area contributed by atoms with E-state index in [0.29, 0.717) is 15.6 Å². The minimum atomic E-state index is -0.820. The van der Waals surface area contributed by atoms with Crippen LogP contribution in [0.3, 0.4) is 0 Å². The Morgan fingerprint density at radius 1 is 0.634 bits per heavy atom. The molecule has 11 heteroatoms. The number of esters is 2. The molecule has 0 fully saturated rings. The lowest BCUT2D eigenvalue weighted by Gasteiger charge is -2.24. The first-order valence-corrected chi connectivity index (χ1v) is 14.4. The lowest BCUT2D eigenvalue weighted by Crippen LogP contribution is -2.34. The molecule has 232 valence electrons. The van der Waals surface area contributed by atoms with Gasteiger partial charge in [-0.2, -0.15) is 0 Å². The van der Waals surface area contributed by atoms with E-state index in [-0.39, 0.29) is 37.4 Å². The van der Waals surface area contributed by atoms with E-state index in [2.05, 4.69) is 26.6 Å². The predicted molar refractivity (Wildman–Crippen MR) is 160 cm³/mol. The molecular weight excluding hydrogens is 596 g/mol. The Hall–Kier alpha value is -2.82. The molecule has 0 spiro atoms. The van der Waals surface area contributed by atoms with Gasteiger partial charge in [-0.15, -0.1) is 0 Å². The third-order valence-corrected chi connectivity index (χ3v) is 5.99. The number of hydrogen-bond acceptors (Lipinski definition) is 8. The number of alkyl carbamates (subject to hydrolysis) is 2. The summed E-state index contributed by atoms with van der Waals surface area (Å²) in [5, 5.41) is 5.44. The SMILES string of the molecule is CC(C)(C)OC(=O)NCCc1c(OC(=O)C(C)(C)C)cc(OC(=O)C(C)(C)C)c(Br)c1CCNC(=O)OC(C)(C)C. The highest BCUT2D eigenvalue weighted by Gasteiger charge is 2.30. The van der Waals surface area contributed by atoms with Crippen LogP contribution in [0.15, 0.2) is 10.5 Å². The predicted octanol–water partition coefficient (Wildman–Crippen LogP) is 6.49. The topological polar surface area (TPSA) is 129 Å². The van der Waals surface area contributed by atoms with Crippen LogP contribution in [0.25, 0.3) is 0 Å². The van der Waals surface area contributed by atoms with Gasteiger partial charge < -0.3 is 29.6 Å². The second kappa shape index (κ2) is 13.9. The fraction of sp³-hybridized carbons (Fsp3) is 0.667. The van der Waals surface area contributed by atoms with E-state index in [1.54, 1.807) is 83.1 Å². The van der Waals surface area contributed by atoms with Crippen LogP contribution in [0.2, 0.25) is 0 Å². The zero-order chi connectivity index (χ0) is 32.0. The molecule has 0 aliphatic heterocycles. The fourth-order valence-corrected chi connectivity index (χ4v) is 3.75. The van der Waals surface area contributed by atoms with Crippen molar-refractivity contribution >= 4 is 40.1 Å². The van der Waals surface area contributed by atoms with Crippen LogP contribution < -0.4 is 20.1 Å². The maximum atomic E-state index is 12.9. The Balaban J connectivity index is 3.54. The molecule has 41 heavy (non-hydrogen) atoms. The Bertz CT molecular complexity index is 1120. The number of rotatable bonds is 8. The summed E-state index contributed by atoms with van der Waals surface area (Å²) in [5.41, 5.74) is -1.73. The van der Waals surface area contributed by atoms with Gasteiger partial charge in [-0.25, -0.2) is 9.59 Å². The lowest BCUT2D eigenvalue weighted by molar-refractivity contribution is -0.143. The highest BCUT2D eigenvalue weighted by molar-refractivity contribution is 9.10. The largest absolute Gasteiger partial charge is 0.444 e. The van der Waals surface area contributed by atoms with E-state index in [0.717, 1.165) is 0 Å². The number of amides is 2. The molecule has 0 aliphatic carbocycles. The van der Waals surface area contributed by atoms with Crippen LogP contribution in [0, 0.1) is 10.8 Å². The van der Waals surface area contributed by atoms with Crippen LogP contribution in [-0.4, -0.2) is 48.4 Å². The summed E-state index contributed by atoms with van der Waals surface area (Å²) in [6.45, 7) is 21.3. The zero-order valence-electron chi connectivity index (χ0n) is 26.5. The summed E-state index contributed by atoms with van der Waals surface area (Å²) >= 11 is 3.57. The summed E-state index contributed by atoms with van der Waals surface area (Å²) in [7, 11) is 0. The van der Waals surface area contributed by atoms with E-state index in [9.17, 15) is 19.2 Å². The molecule has 2 N–H and O–H groups in total. The Labute approximate surface area is 252 Å². The number of benzene rings is 1. The van der Waals surface area contributed by atoms with Crippen molar-refractivity contribution in [1.82, 2.24) is 10.6 Å². The van der Waals surface area contributed by atoms with Gasteiger partial charge in [-0.1, -0.05) is 0 Å². The van der Waals surface area contributed by atoms with Gasteiger partial charge >= 0.3 is 24.1 Å². The van der Waals surface area contributed by atoms with Crippen molar-refractivity contribution in [3.05, 3.63) is 21.7 Å². The van der Waals surface area contributed by atoms with Gasteiger partial charge in [-0.3, -0.25) is 9.59 Å². The molecule has 0 bridgehead atoms. The van der Waals surface area contributed by atoms with Crippen molar-refractivity contribution in [1.29, 1.82) is 0 Å². The van der Waals surface area contributed by atoms with E-state index in [1.165, 1.54) is 6.07 Å². The van der Waals surface area contributed by atoms with Crippen molar-refractivity contribution in [3.63, 3.8) is 0 Å². The molecule has 0 saturated heterocycles.